The summed E-state index contributed by atoms with van der Waals surface area (Å²) in [6, 6.07) is 10.2. The lowest BCUT2D eigenvalue weighted by molar-refractivity contribution is -0.145. The van der Waals surface area contributed by atoms with Crippen molar-refractivity contribution < 1.29 is 18.8 Å². The monoisotopic (exact) mass is 483 g/mol. The van der Waals surface area contributed by atoms with Gasteiger partial charge in [-0.05, 0) is 55.8 Å². The molecule has 35 heavy (non-hydrogen) atoms. The zero-order valence-electron chi connectivity index (χ0n) is 20.9. The Kier molecular flexibility index (Phi) is 8.95. The third kappa shape index (κ3) is 6.64. The van der Waals surface area contributed by atoms with Crippen molar-refractivity contribution in [3.63, 3.8) is 0 Å². The second-order valence-corrected chi connectivity index (χ2v) is 8.73. The summed E-state index contributed by atoms with van der Waals surface area (Å²) in [4.78, 5) is 39.4. The van der Waals surface area contributed by atoms with Crippen LogP contribution in [0.4, 0.5) is 10.1 Å². The highest BCUT2D eigenvalue weighted by Gasteiger charge is 2.28. The molecule has 2 N–H and O–H groups in total. The largest absolute Gasteiger partial charge is 0.353 e. The number of aryl methyl sites for hydroxylation is 1. The zero-order chi connectivity index (χ0) is 25.5. The van der Waals surface area contributed by atoms with Gasteiger partial charge in [0, 0.05) is 50.0 Å². The lowest BCUT2D eigenvalue weighted by Gasteiger charge is -2.32. The van der Waals surface area contributed by atoms with E-state index in [0.717, 1.165) is 17.7 Å². The highest BCUT2D eigenvalue weighted by Crippen LogP contribution is 2.26. The van der Waals surface area contributed by atoms with Crippen LogP contribution in [0.2, 0.25) is 0 Å². The minimum absolute atomic E-state index is 0.0131. The van der Waals surface area contributed by atoms with Crippen LogP contribution in [0.1, 0.15) is 40.9 Å². The molecule has 3 rings (SSSR count). The molecule has 0 aromatic heterocycles. The number of halogens is 1. The van der Waals surface area contributed by atoms with Crippen molar-refractivity contribution in [1.29, 1.82) is 0 Å². The van der Waals surface area contributed by atoms with Gasteiger partial charge in [0.25, 0.3) is 5.91 Å². The number of amides is 2. The van der Waals surface area contributed by atoms with Crippen molar-refractivity contribution in [3.05, 3.63) is 64.5 Å². The Morgan fingerprint density at radius 2 is 1.86 bits per heavy atom. The smallest absolute Gasteiger partial charge is 0.256 e. The quantitative estimate of drug-likeness (QED) is 0.377. The molecule has 0 saturated carbocycles. The highest BCUT2D eigenvalue weighted by molar-refractivity contribution is 5.95. The van der Waals surface area contributed by atoms with Crippen LogP contribution in [0.15, 0.2) is 36.4 Å². The summed E-state index contributed by atoms with van der Waals surface area (Å²) in [5.74, 6) is -0.760. The van der Waals surface area contributed by atoms with E-state index in [2.05, 4.69) is 10.6 Å². The predicted octanol–water partition coefficient (Wildman–Crippen LogP) is 2.26. The molecule has 188 valence electrons. The van der Waals surface area contributed by atoms with Crippen LogP contribution in [0.5, 0.6) is 0 Å². The normalized spacial score (nSPS) is 12.8. The van der Waals surface area contributed by atoms with E-state index in [1.807, 2.05) is 19.9 Å². The van der Waals surface area contributed by atoms with E-state index >= 15 is 0 Å². The van der Waals surface area contributed by atoms with Crippen LogP contribution >= 0.6 is 0 Å². The van der Waals surface area contributed by atoms with E-state index in [9.17, 15) is 18.8 Å². The van der Waals surface area contributed by atoms with Crippen LogP contribution in [-0.2, 0) is 22.7 Å². The van der Waals surface area contributed by atoms with E-state index in [1.54, 1.807) is 41.2 Å². The van der Waals surface area contributed by atoms with Crippen molar-refractivity contribution in [2.24, 2.45) is 0 Å². The minimum Gasteiger partial charge on any atom is -0.353 e. The molecule has 9 heteroatoms. The van der Waals surface area contributed by atoms with Gasteiger partial charge in [-0.3, -0.25) is 19.4 Å². The number of benzene rings is 2. The first-order valence-electron chi connectivity index (χ1n) is 11.8. The summed E-state index contributed by atoms with van der Waals surface area (Å²) < 4.78 is 14.2. The number of carbonyl (C=O) groups excluding carboxylic acids is 3. The lowest BCUT2D eigenvalue weighted by atomic mass is 10.1. The van der Waals surface area contributed by atoms with Crippen molar-refractivity contribution in [2.45, 2.75) is 33.9 Å². The number of nitrogens with zero attached hydrogens (tertiary/aromatic N) is 3. The van der Waals surface area contributed by atoms with Crippen molar-refractivity contribution in [2.75, 3.05) is 44.7 Å². The zero-order valence-corrected chi connectivity index (χ0v) is 20.9. The van der Waals surface area contributed by atoms with E-state index in [4.69, 9.17) is 0 Å². The first-order chi connectivity index (χ1) is 16.7. The number of ketones is 1. The van der Waals surface area contributed by atoms with Gasteiger partial charge >= 0.3 is 0 Å². The second-order valence-electron chi connectivity index (χ2n) is 8.73. The number of carbonyl (C=O) groups is 3. The van der Waals surface area contributed by atoms with Crippen LogP contribution < -0.4 is 15.5 Å². The van der Waals surface area contributed by atoms with Gasteiger partial charge in [-0.2, -0.15) is 0 Å². The number of fused-ring (bicyclic) bond motifs is 1. The van der Waals surface area contributed by atoms with Gasteiger partial charge < -0.3 is 15.5 Å². The van der Waals surface area contributed by atoms with Gasteiger partial charge in [0.1, 0.15) is 5.82 Å². The van der Waals surface area contributed by atoms with Crippen LogP contribution in [0.25, 0.3) is 0 Å². The van der Waals surface area contributed by atoms with Gasteiger partial charge in [0.15, 0.2) is 5.78 Å². The third-order valence-corrected chi connectivity index (χ3v) is 6.17. The Balaban J connectivity index is 1.74. The molecule has 8 nitrogen and oxygen atoms in total. The maximum absolute atomic E-state index is 14.2. The number of hydrogen-bond acceptors (Lipinski definition) is 6. The molecule has 0 saturated heterocycles. The van der Waals surface area contributed by atoms with Gasteiger partial charge in [-0.15, -0.1) is 0 Å². The Morgan fingerprint density at radius 1 is 1.09 bits per heavy atom. The van der Waals surface area contributed by atoms with E-state index in [0.29, 0.717) is 43.0 Å². The van der Waals surface area contributed by atoms with Crippen molar-refractivity contribution >= 4 is 23.3 Å². The number of rotatable bonds is 11. The molecule has 1 aliphatic heterocycles. The summed E-state index contributed by atoms with van der Waals surface area (Å²) in [7, 11) is 1.66. The first kappa shape index (κ1) is 26.3. The average molecular weight is 484 g/mol. The van der Waals surface area contributed by atoms with Crippen molar-refractivity contribution in [3.8, 4) is 0 Å². The fourth-order valence-corrected chi connectivity index (χ4v) is 4.15. The van der Waals surface area contributed by atoms with E-state index in [-0.39, 0.29) is 36.5 Å². The third-order valence-electron chi connectivity index (χ3n) is 6.17. The number of hydrogen-bond donors (Lipinski definition) is 2. The second kappa shape index (κ2) is 11.9. The van der Waals surface area contributed by atoms with Gasteiger partial charge in [0.05, 0.1) is 13.1 Å². The number of anilines is 1. The molecule has 1 heterocycles. The fourth-order valence-electron chi connectivity index (χ4n) is 4.15. The topological polar surface area (TPSA) is 85.0 Å². The lowest BCUT2D eigenvalue weighted by Crippen LogP contribution is -2.48. The molecule has 0 radical (unpaired) electrons. The fraction of sp³-hybridized carbons (Fsp3) is 0.423. The first-order valence-corrected chi connectivity index (χ1v) is 11.8. The van der Waals surface area contributed by atoms with Gasteiger partial charge in [-0.1, -0.05) is 19.1 Å². The van der Waals surface area contributed by atoms with E-state index in [1.165, 1.54) is 18.0 Å². The molecule has 0 fully saturated rings. The summed E-state index contributed by atoms with van der Waals surface area (Å²) >= 11 is 0. The Labute approximate surface area is 206 Å². The predicted molar refractivity (Wildman–Crippen MR) is 133 cm³/mol. The number of likely N-dealkylation sites (N-methyl/N-ethyl adjacent to an activating group) is 2. The SMILES string of the molecule is CCNCCNC(=O)CN(CC(=O)N(C)N1Cc2cccc(F)c2C1)c1ccc(C(C)=O)cc1C. The molecule has 0 bridgehead atoms. The van der Waals surface area contributed by atoms with Crippen LogP contribution in [-0.4, -0.2) is 67.4 Å². The molecule has 0 unspecified atom stereocenters. The van der Waals surface area contributed by atoms with E-state index < -0.39 is 0 Å². The molecule has 0 atom stereocenters. The molecule has 0 spiro atoms. The Bertz CT molecular complexity index is 1090. The van der Waals surface area contributed by atoms with Crippen LogP contribution in [0.3, 0.4) is 0 Å². The molecule has 2 amide bonds. The maximum Gasteiger partial charge on any atom is 0.256 e. The molecular formula is C26H34FN5O3. The Morgan fingerprint density at radius 3 is 2.51 bits per heavy atom. The summed E-state index contributed by atoms with van der Waals surface area (Å²) in [5.41, 5.74) is 3.53. The average Bonchev–Trinajstić information content (AvgIpc) is 3.26. The summed E-state index contributed by atoms with van der Waals surface area (Å²) in [5, 5.41) is 9.30. The van der Waals surface area contributed by atoms with Gasteiger partial charge in [-0.25, -0.2) is 9.40 Å². The minimum atomic E-state index is -0.275. The molecule has 1 aliphatic rings. The standard InChI is InChI=1S/C26H34FN5O3/c1-5-28-11-12-29-25(34)16-31(24-10-9-20(19(3)33)13-18(24)2)17-26(35)30(4)32-14-21-7-6-8-23(27)22(21)15-32/h6-10,13,28H,5,11-12,14-17H2,1-4H3,(H,29,34). The summed E-state index contributed by atoms with van der Waals surface area (Å²) in [6.07, 6.45) is 0. The van der Waals surface area contributed by atoms with Crippen molar-refractivity contribution in [1.82, 2.24) is 20.7 Å². The molecule has 2 aromatic rings. The maximum atomic E-state index is 14.2. The van der Waals surface area contributed by atoms with Gasteiger partial charge in [0.2, 0.25) is 5.91 Å². The molecular weight excluding hydrogens is 449 g/mol. The molecule has 0 aliphatic carbocycles. The number of Topliss-reactive ketones (excluding diaryl/α,β-unsaturated/α-hetero) is 1. The molecule has 2 aromatic carbocycles. The number of nitrogens with one attached hydrogen (secondary N) is 2. The highest BCUT2D eigenvalue weighted by atomic mass is 19.1. The number of hydrazine groups is 1. The Hall–Kier alpha value is -3.30. The summed E-state index contributed by atoms with van der Waals surface area (Å²) in [6.45, 7) is 7.98. The van der Waals surface area contributed by atoms with Crippen LogP contribution in [0, 0.1) is 12.7 Å².